The molecule has 0 bridgehead atoms. The summed E-state index contributed by atoms with van der Waals surface area (Å²) in [7, 11) is 2.05. The number of halogens is 2. The predicted octanol–water partition coefficient (Wildman–Crippen LogP) is 5.37. The number of likely N-dealkylation sites (N-methyl/N-ethyl adjacent to an activating group) is 1. The summed E-state index contributed by atoms with van der Waals surface area (Å²) in [5.41, 5.74) is 6.37. The van der Waals surface area contributed by atoms with Crippen molar-refractivity contribution < 1.29 is 18.3 Å². The van der Waals surface area contributed by atoms with Gasteiger partial charge in [0, 0.05) is 67.1 Å². The molecule has 1 amide bonds. The van der Waals surface area contributed by atoms with E-state index in [0.29, 0.717) is 68.0 Å². The van der Waals surface area contributed by atoms with Crippen LogP contribution in [0.4, 0.5) is 19.7 Å². The van der Waals surface area contributed by atoms with Gasteiger partial charge in [-0.3, -0.25) is 4.79 Å². The molecule has 4 aromatic rings. The number of nitrogens with zero attached hydrogens (tertiary/aromatic N) is 7. The zero-order valence-corrected chi connectivity index (χ0v) is 26.4. The molecule has 2 N–H and O–H groups in total. The fraction of sp³-hybridized carbons (Fsp3) is 0.424. The molecule has 3 aliphatic rings. The quantitative estimate of drug-likeness (QED) is 0.212. The maximum atomic E-state index is 17.3. The van der Waals surface area contributed by atoms with E-state index in [1.54, 1.807) is 4.90 Å². The first-order valence-electron chi connectivity index (χ1n) is 15.5. The molecule has 4 heterocycles. The van der Waals surface area contributed by atoms with Crippen LogP contribution >= 0.6 is 11.3 Å². The number of aromatic nitrogens is 3. The Labute approximate surface area is 269 Å². The zero-order valence-electron chi connectivity index (χ0n) is 25.6. The number of rotatable bonds is 7. The monoisotopic (exact) mass is 644 g/mol. The first-order valence-corrected chi connectivity index (χ1v) is 16.3. The lowest BCUT2D eigenvalue weighted by Crippen LogP contribution is -2.48. The number of fused-ring (bicyclic) bond motifs is 2. The molecule has 2 aromatic carbocycles. The van der Waals surface area contributed by atoms with Crippen molar-refractivity contribution in [1.29, 1.82) is 0 Å². The number of benzene rings is 2. The Bertz CT molecular complexity index is 1910. The molecule has 0 spiro atoms. The second kappa shape index (κ2) is 11.7. The molecule has 1 saturated carbocycles. The Kier molecular flexibility index (Phi) is 7.73. The second-order valence-electron chi connectivity index (χ2n) is 12.3. The van der Waals surface area contributed by atoms with Crippen molar-refractivity contribution in [3.05, 3.63) is 59.5 Å². The van der Waals surface area contributed by atoms with Gasteiger partial charge < -0.3 is 30.0 Å². The highest BCUT2D eigenvalue weighted by Crippen LogP contribution is 2.52. The van der Waals surface area contributed by atoms with E-state index in [0.717, 1.165) is 37.1 Å². The summed E-state index contributed by atoms with van der Waals surface area (Å²) in [6.45, 7) is 14.9. The Morgan fingerprint density at radius 3 is 2.61 bits per heavy atom. The smallest absolute Gasteiger partial charge is 0.319 e. The molecule has 0 radical (unpaired) electrons. The number of nitrogen functional groups attached to an aromatic ring is 1. The van der Waals surface area contributed by atoms with Crippen LogP contribution in [-0.4, -0.2) is 83.1 Å². The third kappa shape index (κ3) is 5.00. The van der Waals surface area contributed by atoms with Crippen molar-refractivity contribution in [2.24, 2.45) is 0 Å². The summed E-state index contributed by atoms with van der Waals surface area (Å²) in [5, 5.41) is 0.620. The van der Waals surface area contributed by atoms with E-state index >= 15 is 4.39 Å². The summed E-state index contributed by atoms with van der Waals surface area (Å²) >= 11 is 1.00. The molecular weight excluding hydrogens is 610 g/mol. The van der Waals surface area contributed by atoms with Gasteiger partial charge in [-0.05, 0) is 57.1 Å². The van der Waals surface area contributed by atoms with E-state index in [2.05, 4.69) is 26.3 Å². The van der Waals surface area contributed by atoms with Crippen LogP contribution in [0.2, 0.25) is 0 Å². The minimum absolute atomic E-state index is 0.0447. The Morgan fingerprint density at radius 1 is 1.17 bits per heavy atom. The average Bonchev–Trinajstić information content (AvgIpc) is 3.65. The Balaban J connectivity index is 1.43. The third-order valence-electron chi connectivity index (χ3n) is 9.71. The number of amides is 1. The number of thiazole rings is 1. The number of ether oxygens (including phenoxy) is 1. The van der Waals surface area contributed by atoms with Gasteiger partial charge in [-0.25, -0.2) is 20.3 Å². The maximum Gasteiger partial charge on any atom is 0.319 e. The maximum absolute atomic E-state index is 17.3. The normalized spacial score (nSPS) is 19.7. The highest BCUT2D eigenvalue weighted by molar-refractivity contribution is 7.22. The van der Waals surface area contributed by atoms with Gasteiger partial charge >= 0.3 is 6.01 Å². The molecule has 2 saturated heterocycles. The molecule has 13 heteroatoms. The van der Waals surface area contributed by atoms with Crippen molar-refractivity contribution in [3.63, 3.8) is 0 Å². The van der Waals surface area contributed by atoms with Gasteiger partial charge in [0.05, 0.1) is 10.2 Å². The number of carbonyl (C=O) groups excluding carboxylic acids is 1. The first kappa shape index (κ1) is 30.3. The van der Waals surface area contributed by atoms with Crippen molar-refractivity contribution in [2.75, 3.05) is 57.0 Å². The van der Waals surface area contributed by atoms with Gasteiger partial charge in [0.25, 0.3) is 5.54 Å². The molecule has 1 atom stereocenters. The minimum Gasteiger partial charge on any atom is -0.462 e. The topological polar surface area (TPSA) is 105 Å². The molecule has 7 rings (SSSR count). The molecule has 3 fully saturated rings. The van der Waals surface area contributed by atoms with E-state index in [1.165, 1.54) is 18.2 Å². The Morgan fingerprint density at radius 2 is 1.96 bits per heavy atom. The summed E-state index contributed by atoms with van der Waals surface area (Å²) in [6, 6.07) is 4.87. The van der Waals surface area contributed by atoms with Crippen molar-refractivity contribution in [1.82, 2.24) is 24.8 Å². The number of hydrogen-bond acceptors (Lipinski definition) is 9. The molecule has 2 aliphatic heterocycles. The summed E-state index contributed by atoms with van der Waals surface area (Å²) in [6.07, 6.45) is 5.30. The molecule has 238 valence electrons. The fourth-order valence-electron chi connectivity index (χ4n) is 6.90. The van der Waals surface area contributed by atoms with E-state index in [-0.39, 0.29) is 44.4 Å². The molecule has 46 heavy (non-hydrogen) atoms. The van der Waals surface area contributed by atoms with Gasteiger partial charge in [-0.1, -0.05) is 17.9 Å². The number of anilines is 2. The number of piperazine rings is 1. The lowest BCUT2D eigenvalue weighted by Gasteiger charge is -2.36. The standard InChI is InChI=1S/C33H34F2N8O2S/c1-4-24(44)42-13-15-43(16-14-42)30-21-17-22(33(37-2)10-6-11-33)25(20-8-9-23(34)29-28(20)38-31(36)46-29)26(35)27(21)39-32(40-30)45-18-19-7-5-12-41(19)3/h4,8-9,17,19H,1,5-7,10-16,18H2,3H3,(H2,36,38). The van der Waals surface area contributed by atoms with E-state index in [1.807, 2.05) is 18.0 Å². The number of carbonyl (C=O) groups is 1. The van der Waals surface area contributed by atoms with Crippen LogP contribution in [0.3, 0.4) is 0 Å². The van der Waals surface area contributed by atoms with Crippen LogP contribution in [-0.2, 0) is 10.3 Å². The fourth-order valence-corrected chi connectivity index (χ4v) is 7.67. The summed E-state index contributed by atoms with van der Waals surface area (Å²) < 4.78 is 38.6. The minimum atomic E-state index is -0.957. The van der Waals surface area contributed by atoms with E-state index < -0.39 is 17.2 Å². The van der Waals surface area contributed by atoms with Crippen LogP contribution < -0.4 is 15.4 Å². The van der Waals surface area contributed by atoms with Gasteiger partial charge in [0.2, 0.25) is 5.91 Å². The summed E-state index contributed by atoms with van der Waals surface area (Å²) in [5.74, 6) is -0.801. The second-order valence-corrected chi connectivity index (χ2v) is 13.3. The van der Waals surface area contributed by atoms with Crippen molar-refractivity contribution in [2.45, 2.75) is 43.7 Å². The lowest BCUT2D eigenvalue weighted by atomic mass is 9.70. The molecule has 1 aliphatic carbocycles. The summed E-state index contributed by atoms with van der Waals surface area (Å²) in [4.78, 5) is 36.1. The third-order valence-corrected chi connectivity index (χ3v) is 10.6. The highest BCUT2D eigenvalue weighted by Gasteiger charge is 2.49. The van der Waals surface area contributed by atoms with Crippen LogP contribution in [0.1, 0.15) is 37.7 Å². The highest BCUT2D eigenvalue weighted by atomic mass is 32.1. The van der Waals surface area contributed by atoms with Gasteiger partial charge in [0.15, 0.2) is 10.9 Å². The number of likely N-dealkylation sites (tertiary alicyclic amines) is 1. The van der Waals surface area contributed by atoms with Crippen LogP contribution in [0, 0.1) is 18.2 Å². The van der Waals surface area contributed by atoms with Crippen molar-refractivity contribution in [3.8, 4) is 17.1 Å². The number of nitrogens with two attached hydrogens (primary N) is 1. The molecular formula is C33H34F2N8O2S. The molecule has 2 aromatic heterocycles. The average molecular weight is 645 g/mol. The van der Waals surface area contributed by atoms with Crippen LogP contribution in [0.25, 0.3) is 37.1 Å². The van der Waals surface area contributed by atoms with Crippen molar-refractivity contribution >= 4 is 49.3 Å². The SMILES string of the molecule is [C-]#[N+]C1(c2cc3c(N4CCN(C(=O)C=C)CC4)nc(OCC4CCCN4C)nc3c(F)c2-c2ccc(F)c3sc(N)nc23)CCC1. The van der Waals surface area contributed by atoms with E-state index in [9.17, 15) is 9.18 Å². The Hall–Kier alpha value is -4.41. The van der Waals surface area contributed by atoms with Gasteiger partial charge in [-0.2, -0.15) is 9.97 Å². The molecule has 10 nitrogen and oxygen atoms in total. The lowest BCUT2D eigenvalue weighted by molar-refractivity contribution is -0.126. The van der Waals surface area contributed by atoms with E-state index in [4.69, 9.17) is 22.0 Å². The number of hydrogen-bond donors (Lipinski definition) is 1. The molecule has 1 unspecified atom stereocenters. The predicted molar refractivity (Wildman–Crippen MR) is 175 cm³/mol. The van der Waals surface area contributed by atoms with Gasteiger partial charge in [0.1, 0.15) is 23.8 Å². The zero-order chi connectivity index (χ0) is 32.2. The van der Waals surface area contributed by atoms with Gasteiger partial charge in [-0.15, -0.1) is 0 Å². The van der Waals surface area contributed by atoms with Crippen LogP contribution in [0.5, 0.6) is 6.01 Å². The van der Waals surface area contributed by atoms with Crippen LogP contribution in [0.15, 0.2) is 30.9 Å². The first-order chi connectivity index (χ1) is 22.2. The largest absolute Gasteiger partial charge is 0.462 e.